The van der Waals surface area contributed by atoms with E-state index in [4.69, 9.17) is 9.47 Å². The van der Waals surface area contributed by atoms with Gasteiger partial charge in [0.25, 0.3) is 0 Å². The van der Waals surface area contributed by atoms with Crippen LogP contribution in [-0.4, -0.2) is 59.6 Å². The molecule has 1 aliphatic heterocycles. The van der Waals surface area contributed by atoms with Crippen molar-refractivity contribution in [3.63, 3.8) is 0 Å². The van der Waals surface area contributed by atoms with E-state index in [0.717, 1.165) is 12.8 Å². The summed E-state index contributed by atoms with van der Waals surface area (Å²) < 4.78 is 10.7. The van der Waals surface area contributed by atoms with E-state index in [0.29, 0.717) is 6.61 Å². The van der Waals surface area contributed by atoms with Crippen molar-refractivity contribution in [3.05, 3.63) is 12.2 Å². The third-order valence-corrected chi connectivity index (χ3v) is 5.16. The van der Waals surface area contributed by atoms with Gasteiger partial charge in [-0.3, -0.25) is 0 Å². The number of aliphatic hydroxyl groups is 3. The van der Waals surface area contributed by atoms with E-state index in [1.807, 2.05) is 0 Å². The quantitative estimate of drug-likeness (QED) is 0.262. The van der Waals surface area contributed by atoms with Crippen LogP contribution in [0.4, 0.5) is 0 Å². The molecule has 0 spiro atoms. The molecule has 1 heterocycles. The molecule has 0 radical (unpaired) electrons. The van der Waals surface area contributed by atoms with Gasteiger partial charge >= 0.3 is 0 Å². The third kappa shape index (κ3) is 11.9. The first-order valence-corrected chi connectivity index (χ1v) is 11.0. The van der Waals surface area contributed by atoms with Crippen LogP contribution in [0.2, 0.25) is 0 Å². The lowest BCUT2D eigenvalue weighted by molar-refractivity contribution is -0.0813. The standard InChI is InChI=1S/C22H42O5/c1-2-3-4-5-6-7-8-9-10-11-12-13-14-15-16-26-17-20(24)22-21(25)19(23)18-27-22/h5-6,19-25H,2-4,7-18H2,1H3/b6-5+/t19-,20+,21-,22-/m1/s1. The molecule has 0 aromatic carbocycles. The Morgan fingerprint density at radius 3 is 2.11 bits per heavy atom. The fourth-order valence-electron chi connectivity index (χ4n) is 3.35. The molecule has 1 rings (SSSR count). The highest BCUT2D eigenvalue weighted by atomic mass is 16.5. The van der Waals surface area contributed by atoms with E-state index in [2.05, 4.69) is 19.1 Å². The van der Waals surface area contributed by atoms with Crippen LogP contribution in [0.15, 0.2) is 12.2 Å². The zero-order valence-electron chi connectivity index (χ0n) is 17.2. The van der Waals surface area contributed by atoms with Gasteiger partial charge in [0.15, 0.2) is 0 Å². The van der Waals surface area contributed by atoms with Crippen LogP contribution in [-0.2, 0) is 9.47 Å². The molecular formula is C22H42O5. The van der Waals surface area contributed by atoms with Crippen molar-refractivity contribution in [2.45, 2.75) is 108 Å². The first-order chi connectivity index (χ1) is 13.2. The number of ether oxygens (including phenoxy) is 2. The van der Waals surface area contributed by atoms with Gasteiger partial charge in [0.1, 0.15) is 24.4 Å². The summed E-state index contributed by atoms with van der Waals surface area (Å²) in [6, 6.07) is 0. The number of aliphatic hydroxyl groups excluding tert-OH is 3. The highest BCUT2D eigenvalue weighted by Gasteiger charge is 2.39. The molecule has 1 aliphatic rings. The highest BCUT2D eigenvalue weighted by Crippen LogP contribution is 2.18. The Balaban J connectivity index is 1.80. The summed E-state index contributed by atoms with van der Waals surface area (Å²) in [5.41, 5.74) is 0. The van der Waals surface area contributed by atoms with E-state index in [9.17, 15) is 15.3 Å². The predicted molar refractivity (Wildman–Crippen MR) is 109 cm³/mol. The van der Waals surface area contributed by atoms with Crippen LogP contribution in [0.3, 0.4) is 0 Å². The topological polar surface area (TPSA) is 79.2 Å². The molecule has 0 saturated carbocycles. The highest BCUT2D eigenvalue weighted by molar-refractivity contribution is 4.87. The van der Waals surface area contributed by atoms with Gasteiger partial charge in [-0.15, -0.1) is 0 Å². The maximum Gasteiger partial charge on any atom is 0.114 e. The third-order valence-electron chi connectivity index (χ3n) is 5.16. The lowest BCUT2D eigenvalue weighted by atomic mass is 10.1. The monoisotopic (exact) mass is 386 g/mol. The SMILES string of the molecule is CCCC/C=C/CCCCCCCCCCOC[C@H](O)[C@H]1OC[C@@H](O)[C@H]1O. The molecule has 0 aromatic rings. The Labute approximate surface area is 165 Å². The maximum atomic E-state index is 9.93. The second-order valence-electron chi connectivity index (χ2n) is 7.73. The molecule has 160 valence electrons. The maximum absolute atomic E-state index is 9.93. The molecule has 0 unspecified atom stereocenters. The van der Waals surface area contributed by atoms with Gasteiger partial charge in [-0.2, -0.15) is 0 Å². The molecule has 3 N–H and O–H groups in total. The van der Waals surface area contributed by atoms with Crippen LogP contribution in [0.5, 0.6) is 0 Å². The van der Waals surface area contributed by atoms with Crippen molar-refractivity contribution < 1.29 is 24.8 Å². The summed E-state index contributed by atoms with van der Waals surface area (Å²) in [5, 5.41) is 29.0. The molecule has 1 saturated heterocycles. The number of allylic oxidation sites excluding steroid dienone is 2. The normalized spacial score (nSPS) is 24.1. The van der Waals surface area contributed by atoms with Crippen molar-refractivity contribution in [2.75, 3.05) is 19.8 Å². The Morgan fingerprint density at radius 2 is 1.52 bits per heavy atom. The lowest BCUT2D eigenvalue weighted by Gasteiger charge is -2.20. The number of hydrogen-bond donors (Lipinski definition) is 3. The van der Waals surface area contributed by atoms with Gasteiger partial charge < -0.3 is 24.8 Å². The first-order valence-electron chi connectivity index (χ1n) is 11.0. The van der Waals surface area contributed by atoms with Gasteiger partial charge in [0, 0.05) is 6.61 Å². The lowest BCUT2D eigenvalue weighted by Crippen LogP contribution is -2.40. The van der Waals surface area contributed by atoms with Crippen LogP contribution in [0.25, 0.3) is 0 Å². The van der Waals surface area contributed by atoms with Crippen molar-refractivity contribution in [2.24, 2.45) is 0 Å². The van der Waals surface area contributed by atoms with Gasteiger partial charge in [0.05, 0.1) is 13.2 Å². The largest absolute Gasteiger partial charge is 0.388 e. The first kappa shape index (κ1) is 24.6. The number of rotatable bonds is 17. The Hall–Kier alpha value is -0.460. The minimum absolute atomic E-state index is 0.0680. The van der Waals surface area contributed by atoms with Gasteiger partial charge in [0.2, 0.25) is 0 Å². The summed E-state index contributed by atoms with van der Waals surface area (Å²) in [7, 11) is 0. The van der Waals surface area contributed by atoms with E-state index < -0.39 is 24.4 Å². The number of hydrogen-bond acceptors (Lipinski definition) is 5. The molecule has 0 aromatic heterocycles. The molecule has 0 aliphatic carbocycles. The predicted octanol–water partition coefficient (Wildman–Crippen LogP) is 3.74. The molecule has 0 amide bonds. The van der Waals surface area contributed by atoms with Crippen molar-refractivity contribution >= 4 is 0 Å². The van der Waals surface area contributed by atoms with Gasteiger partial charge in [-0.05, 0) is 25.7 Å². The molecular weight excluding hydrogens is 344 g/mol. The van der Waals surface area contributed by atoms with Gasteiger partial charge in [-0.25, -0.2) is 0 Å². The molecule has 27 heavy (non-hydrogen) atoms. The molecule has 1 fully saturated rings. The van der Waals surface area contributed by atoms with Crippen molar-refractivity contribution in [1.29, 1.82) is 0 Å². The minimum Gasteiger partial charge on any atom is -0.388 e. The van der Waals surface area contributed by atoms with Crippen molar-refractivity contribution in [1.82, 2.24) is 0 Å². The smallest absolute Gasteiger partial charge is 0.114 e. The van der Waals surface area contributed by atoms with E-state index in [1.54, 1.807) is 0 Å². The van der Waals surface area contributed by atoms with E-state index >= 15 is 0 Å². The summed E-state index contributed by atoms with van der Waals surface area (Å²) in [5.74, 6) is 0. The fraction of sp³-hybridized carbons (Fsp3) is 0.909. The molecule has 5 heteroatoms. The Kier molecular flexibility index (Phi) is 15.0. The molecule has 0 bridgehead atoms. The Bertz CT molecular complexity index is 361. The van der Waals surface area contributed by atoms with Crippen LogP contribution >= 0.6 is 0 Å². The average Bonchev–Trinajstić information content (AvgIpc) is 3.00. The molecule has 5 nitrogen and oxygen atoms in total. The van der Waals surface area contributed by atoms with Crippen LogP contribution in [0.1, 0.15) is 84.0 Å². The number of unbranched alkanes of at least 4 members (excludes halogenated alkanes) is 10. The summed E-state index contributed by atoms with van der Waals surface area (Å²) in [6.07, 6.45) is 16.1. The zero-order chi connectivity index (χ0) is 19.7. The second kappa shape index (κ2) is 16.5. The van der Waals surface area contributed by atoms with Crippen LogP contribution in [0, 0.1) is 0 Å². The average molecular weight is 387 g/mol. The Morgan fingerprint density at radius 1 is 0.926 bits per heavy atom. The summed E-state index contributed by atoms with van der Waals surface area (Å²) >= 11 is 0. The fourth-order valence-corrected chi connectivity index (χ4v) is 3.35. The van der Waals surface area contributed by atoms with Crippen molar-refractivity contribution in [3.8, 4) is 0 Å². The minimum atomic E-state index is -1.03. The van der Waals surface area contributed by atoms with Crippen LogP contribution < -0.4 is 0 Å². The second-order valence-corrected chi connectivity index (χ2v) is 7.73. The van der Waals surface area contributed by atoms with E-state index in [1.165, 1.54) is 64.2 Å². The summed E-state index contributed by atoms with van der Waals surface area (Å²) in [6.45, 7) is 3.06. The zero-order valence-corrected chi connectivity index (χ0v) is 17.2. The van der Waals surface area contributed by atoms with E-state index in [-0.39, 0.29) is 13.2 Å². The molecule has 4 atom stereocenters. The van der Waals surface area contributed by atoms with Gasteiger partial charge in [-0.1, -0.05) is 70.4 Å². The summed E-state index contributed by atoms with van der Waals surface area (Å²) in [4.78, 5) is 0.